The van der Waals surface area contributed by atoms with E-state index in [1.54, 1.807) is 38.5 Å². The van der Waals surface area contributed by atoms with E-state index in [-0.39, 0.29) is 5.91 Å². The molecule has 22 heavy (non-hydrogen) atoms. The number of methoxy groups -OCH3 is 2. The van der Waals surface area contributed by atoms with Crippen LogP contribution in [0.1, 0.15) is 10.4 Å². The van der Waals surface area contributed by atoms with E-state index in [0.29, 0.717) is 22.7 Å². The molecule has 0 unspecified atom stereocenters. The number of carbonyl (C=O) groups excluding carboxylic acids is 1. The first-order valence-corrected chi connectivity index (χ1v) is 6.82. The molecule has 2 aromatic carbocycles. The Kier molecular flexibility index (Phi) is 3.70. The maximum atomic E-state index is 12.3. The molecule has 5 heteroatoms. The number of anilines is 1. The minimum atomic E-state index is -0.171. The Bertz CT molecular complexity index is 824. The predicted octanol–water partition coefficient (Wildman–Crippen LogP) is 3.44. The van der Waals surface area contributed by atoms with Crippen molar-refractivity contribution in [3.63, 3.8) is 0 Å². The number of hydrogen-bond acceptors (Lipinski definition) is 3. The summed E-state index contributed by atoms with van der Waals surface area (Å²) in [5.74, 6) is 1.02. The van der Waals surface area contributed by atoms with Gasteiger partial charge in [-0.05, 0) is 36.4 Å². The molecule has 0 atom stereocenters. The Morgan fingerprint density at radius 3 is 2.59 bits per heavy atom. The van der Waals surface area contributed by atoms with Gasteiger partial charge in [0, 0.05) is 34.4 Å². The van der Waals surface area contributed by atoms with Gasteiger partial charge in [-0.15, -0.1) is 0 Å². The molecule has 3 aromatic rings. The standard InChI is InChI=1S/C17H16N2O3/c1-21-15-6-4-13(10-16(15)22-2)19-17(20)12-3-5-14-11(9-12)7-8-18-14/h3-10,18H,1-2H3,(H,19,20). The molecule has 1 aromatic heterocycles. The number of fused-ring (bicyclic) bond motifs is 1. The number of aromatic nitrogens is 1. The molecule has 1 heterocycles. The van der Waals surface area contributed by atoms with E-state index in [2.05, 4.69) is 10.3 Å². The van der Waals surface area contributed by atoms with Gasteiger partial charge >= 0.3 is 0 Å². The molecule has 0 aliphatic rings. The maximum Gasteiger partial charge on any atom is 0.255 e. The summed E-state index contributed by atoms with van der Waals surface area (Å²) >= 11 is 0. The minimum Gasteiger partial charge on any atom is -0.493 e. The first-order valence-electron chi connectivity index (χ1n) is 6.82. The van der Waals surface area contributed by atoms with Crippen LogP contribution in [0.15, 0.2) is 48.7 Å². The largest absolute Gasteiger partial charge is 0.493 e. The third-order valence-corrected chi connectivity index (χ3v) is 3.46. The summed E-state index contributed by atoms with van der Waals surface area (Å²) in [5, 5.41) is 3.86. The van der Waals surface area contributed by atoms with Crippen LogP contribution < -0.4 is 14.8 Å². The average molecular weight is 296 g/mol. The van der Waals surface area contributed by atoms with Crippen LogP contribution in [0.2, 0.25) is 0 Å². The van der Waals surface area contributed by atoms with Gasteiger partial charge in [0.2, 0.25) is 0 Å². The number of ether oxygens (including phenoxy) is 2. The van der Waals surface area contributed by atoms with E-state index >= 15 is 0 Å². The topological polar surface area (TPSA) is 63.3 Å². The summed E-state index contributed by atoms with van der Waals surface area (Å²) in [6, 6.07) is 12.7. The van der Waals surface area contributed by atoms with Crippen molar-refractivity contribution in [1.29, 1.82) is 0 Å². The zero-order chi connectivity index (χ0) is 15.5. The van der Waals surface area contributed by atoms with Crippen LogP contribution in [-0.2, 0) is 0 Å². The van der Waals surface area contributed by atoms with Gasteiger partial charge in [-0.1, -0.05) is 0 Å². The third kappa shape index (κ3) is 2.61. The summed E-state index contributed by atoms with van der Waals surface area (Å²) in [6.45, 7) is 0. The lowest BCUT2D eigenvalue weighted by atomic mass is 10.1. The zero-order valence-corrected chi connectivity index (χ0v) is 12.3. The molecule has 0 spiro atoms. The lowest BCUT2D eigenvalue weighted by molar-refractivity contribution is 0.102. The molecule has 0 bridgehead atoms. The van der Waals surface area contributed by atoms with E-state index < -0.39 is 0 Å². The molecule has 3 rings (SSSR count). The highest BCUT2D eigenvalue weighted by Crippen LogP contribution is 2.30. The highest BCUT2D eigenvalue weighted by atomic mass is 16.5. The molecule has 112 valence electrons. The summed E-state index contributed by atoms with van der Waals surface area (Å²) in [7, 11) is 3.13. The van der Waals surface area contributed by atoms with Crippen molar-refractivity contribution >= 4 is 22.5 Å². The fraction of sp³-hybridized carbons (Fsp3) is 0.118. The van der Waals surface area contributed by atoms with E-state index in [1.807, 2.05) is 24.4 Å². The molecular formula is C17H16N2O3. The molecule has 0 saturated heterocycles. The van der Waals surface area contributed by atoms with Crippen molar-refractivity contribution in [1.82, 2.24) is 4.98 Å². The second kappa shape index (κ2) is 5.81. The number of amides is 1. The Labute approximate surface area is 127 Å². The predicted molar refractivity (Wildman–Crippen MR) is 85.8 cm³/mol. The Morgan fingerprint density at radius 1 is 1.00 bits per heavy atom. The van der Waals surface area contributed by atoms with Gasteiger partial charge in [0.05, 0.1) is 14.2 Å². The van der Waals surface area contributed by atoms with Crippen LogP contribution in [0.25, 0.3) is 10.9 Å². The molecule has 5 nitrogen and oxygen atoms in total. The van der Waals surface area contributed by atoms with Gasteiger partial charge in [-0.3, -0.25) is 4.79 Å². The quantitative estimate of drug-likeness (QED) is 0.775. The number of benzene rings is 2. The Morgan fingerprint density at radius 2 is 1.82 bits per heavy atom. The Balaban J connectivity index is 1.84. The lowest BCUT2D eigenvalue weighted by Gasteiger charge is -2.10. The normalized spacial score (nSPS) is 10.5. The van der Waals surface area contributed by atoms with Crippen LogP contribution in [0.3, 0.4) is 0 Å². The van der Waals surface area contributed by atoms with Crippen LogP contribution in [0, 0.1) is 0 Å². The van der Waals surface area contributed by atoms with E-state index in [9.17, 15) is 4.79 Å². The van der Waals surface area contributed by atoms with Crippen LogP contribution in [-0.4, -0.2) is 25.1 Å². The van der Waals surface area contributed by atoms with Crippen molar-refractivity contribution in [2.24, 2.45) is 0 Å². The second-order valence-corrected chi connectivity index (χ2v) is 4.80. The summed E-state index contributed by atoms with van der Waals surface area (Å²) < 4.78 is 10.4. The van der Waals surface area contributed by atoms with Gasteiger partial charge in [-0.2, -0.15) is 0 Å². The van der Waals surface area contributed by atoms with Gasteiger partial charge in [0.25, 0.3) is 5.91 Å². The molecule has 0 fully saturated rings. The smallest absolute Gasteiger partial charge is 0.255 e. The van der Waals surface area contributed by atoms with Crippen molar-refractivity contribution in [2.75, 3.05) is 19.5 Å². The molecule has 0 radical (unpaired) electrons. The minimum absolute atomic E-state index is 0.171. The number of aromatic amines is 1. The average Bonchev–Trinajstić information content (AvgIpc) is 3.02. The van der Waals surface area contributed by atoms with Crippen molar-refractivity contribution < 1.29 is 14.3 Å². The van der Waals surface area contributed by atoms with Gasteiger partial charge in [0.15, 0.2) is 11.5 Å². The number of hydrogen-bond donors (Lipinski definition) is 2. The van der Waals surface area contributed by atoms with E-state index in [4.69, 9.17) is 9.47 Å². The number of carbonyl (C=O) groups is 1. The molecule has 0 aliphatic heterocycles. The van der Waals surface area contributed by atoms with Crippen molar-refractivity contribution in [3.05, 3.63) is 54.2 Å². The van der Waals surface area contributed by atoms with E-state index in [0.717, 1.165) is 10.9 Å². The Hall–Kier alpha value is -2.95. The third-order valence-electron chi connectivity index (χ3n) is 3.46. The summed E-state index contributed by atoms with van der Waals surface area (Å²) in [4.78, 5) is 15.4. The molecular weight excluding hydrogens is 280 g/mol. The first kappa shape index (κ1) is 14.0. The fourth-order valence-electron chi connectivity index (χ4n) is 2.31. The lowest BCUT2D eigenvalue weighted by Crippen LogP contribution is -2.11. The van der Waals surface area contributed by atoms with Gasteiger partial charge < -0.3 is 19.8 Å². The van der Waals surface area contributed by atoms with Crippen molar-refractivity contribution in [3.8, 4) is 11.5 Å². The fourth-order valence-corrected chi connectivity index (χ4v) is 2.31. The van der Waals surface area contributed by atoms with Crippen molar-refractivity contribution in [2.45, 2.75) is 0 Å². The van der Waals surface area contributed by atoms with Crippen LogP contribution in [0.4, 0.5) is 5.69 Å². The van der Waals surface area contributed by atoms with Gasteiger partial charge in [0.1, 0.15) is 0 Å². The molecule has 1 amide bonds. The SMILES string of the molecule is COc1ccc(NC(=O)c2ccc3[nH]ccc3c2)cc1OC. The summed E-state index contributed by atoms with van der Waals surface area (Å²) in [5.41, 5.74) is 2.25. The zero-order valence-electron chi connectivity index (χ0n) is 12.3. The highest BCUT2D eigenvalue weighted by molar-refractivity contribution is 6.06. The maximum absolute atomic E-state index is 12.3. The molecule has 0 saturated carbocycles. The number of rotatable bonds is 4. The second-order valence-electron chi connectivity index (χ2n) is 4.80. The number of H-pyrrole nitrogens is 1. The van der Waals surface area contributed by atoms with Crippen LogP contribution >= 0.6 is 0 Å². The first-order chi connectivity index (χ1) is 10.7. The molecule has 0 aliphatic carbocycles. The summed E-state index contributed by atoms with van der Waals surface area (Å²) in [6.07, 6.45) is 1.85. The monoisotopic (exact) mass is 296 g/mol. The number of nitrogens with one attached hydrogen (secondary N) is 2. The highest BCUT2D eigenvalue weighted by Gasteiger charge is 2.10. The molecule has 2 N–H and O–H groups in total. The van der Waals surface area contributed by atoms with E-state index in [1.165, 1.54) is 0 Å². The van der Waals surface area contributed by atoms with Gasteiger partial charge in [-0.25, -0.2) is 0 Å². The van der Waals surface area contributed by atoms with Crippen LogP contribution in [0.5, 0.6) is 11.5 Å².